The van der Waals surface area contributed by atoms with Crippen LogP contribution in [0.1, 0.15) is 36.0 Å². The molecule has 7 heteroatoms. The fourth-order valence-corrected chi connectivity index (χ4v) is 3.81. The molecular formula is C17H20FN3O3. The van der Waals surface area contributed by atoms with E-state index < -0.39 is 11.4 Å². The summed E-state index contributed by atoms with van der Waals surface area (Å²) in [5.74, 6) is -0.717. The van der Waals surface area contributed by atoms with Gasteiger partial charge in [-0.15, -0.1) is 0 Å². The predicted molar refractivity (Wildman–Crippen MR) is 84.6 cm³/mol. The molecule has 3 N–H and O–H groups in total. The van der Waals surface area contributed by atoms with Crippen LogP contribution in [-0.4, -0.2) is 57.5 Å². The van der Waals surface area contributed by atoms with Crippen LogP contribution in [0.25, 0.3) is 0 Å². The van der Waals surface area contributed by atoms with Crippen LogP contribution in [0.2, 0.25) is 0 Å². The largest absolute Gasteiger partial charge is 0.398 e. The van der Waals surface area contributed by atoms with E-state index in [0.29, 0.717) is 31.5 Å². The number of nitrogen functional groups attached to an aromatic ring is 1. The monoisotopic (exact) mass is 333 g/mol. The molecule has 2 aliphatic heterocycles. The highest BCUT2D eigenvalue weighted by atomic mass is 19.1. The number of benzene rings is 1. The number of nitrogens with two attached hydrogens (primary N) is 1. The number of piperazine rings is 1. The van der Waals surface area contributed by atoms with Gasteiger partial charge in [0, 0.05) is 18.8 Å². The van der Waals surface area contributed by atoms with Crippen LogP contribution in [0.4, 0.5) is 10.1 Å². The highest BCUT2D eigenvalue weighted by Crippen LogP contribution is 2.40. The summed E-state index contributed by atoms with van der Waals surface area (Å²) in [6.45, 7) is 0.955. The van der Waals surface area contributed by atoms with Crippen LogP contribution < -0.4 is 5.73 Å². The minimum Gasteiger partial charge on any atom is -0.398 e. The smallest absolute Gasteiger partial charge is 0.256 e. The van der Waals surface area contributed by atoms with E-state index in [4.69, 9.17) is 5.73 Å². The molecular weight excluding hydrogens is 313 g/mol. The first-order valence-electron chi connectivity index (χ1n) is 8.24. The zero-order valence-corrected chi connectivity index (χ0v) is 13.2. The highest BCUT2D eigenvalue weighted by molar-refractivity contribution is 5.99. The van der Waals surface area contributed by atoms with Crippen LogP contribution in [0.3, 0.4) is 0 Å². The van der Waals surface area contributed by atoms with E-state index in [1.54, 1.807) is 9.80 Å². The van der Waals surface area contributed by atoms with Gasteiger partial charge in [0.2, 0.25) is 5.91 Å². The van der Waals surface area contributed by atoms with E-state index in [2.05, 4.69) is 0 Å². The number of amides is 2. The molecule has 0 unspecified atom stereocenters. The second-order valence-electron chi connectivity index (χ2n) is 7.18. The van der Waals surface area contributed by atoms with Gasteiger partial charge in [-0.3, -0.25) is 9.59 Å². The number of anilines is 1. The Morgan fingerprint density at radius 2 is 1.92 bits per heavy atom. The lowest BCUT2D eigenvalue weighted by Crippen LogP contribution is -2.51. The first kappa shape index (κ1) is 15.4. The van der Waals surface area contributed by atoms with E-state index in [1.165, 1.54) is 12.1 Å². The number of carbonyl (C=O) groups excluding carboxylic acids is 2. The third-order valence-corrected chi connectivity index (χ3v) is 5.37. The van der Waals surface area contributed by atoms with Crippen molar-refractivity contribution in [3.05, 3.63) is 29.6 Å². The lowest BCUT2D eigenvalue weighted by atomic mass is 10.1. The summed E-state index contributed by atoms with van der Waals surface area (Å²) in [5.41, 5.74) is 5.40. The number of likely N-dealkylation sites (tertiary alicyclic amines) is 2. The number of rotatable bonds is 3. The van der Waals surface area contributed by atoms with Gasteiger partial charge in [0.15, 0.2) is 0 Å². The second kappa shape index (κ2) is 5.17. The molecule has 1 aromatic carbocycles. The van der Waals surface area contributed by atoms with Gasteiger partial charge in [-0.2, -0.15) is 0 Å². The zero-order chi connectivity index (χ0) is 17.1. The number of halogens is 1. The summed E-state index contributed by atoms with van der Waals surface area (Å²) in [6, 6.07) is 3.74. The molecule has 0 aromatic heterocycles. The van der Waals surface area contributed by atoms with Crippen molar-refractivity contribution in [2.24, 2.45) is 0 Å². The minimum absolute atomic E-state index is 0.00419. The Bertz CT molecular complexity index is 719. The van der Waals surface area contributed by atoms with Crippen molar-refractivity contribution in [3.8, 4) is 0 Å². The summed E-state index contributed by atoms with van der Waals surface area (Å²) in [5, 5.41) is 9.91. The van der Waals surface area contributed by atoms with Crippen molar-refractivity contribution in [3.63, 3.8) is 0 Å². The van der Waals surface area contributed by atoms with Gasteiger partial charge in [-0.05, 0) is 37.5 Å². The maximum absolute atomic E-state index is 13.1. The van der Waals surface area contributed by atoms with Gasteiger partial charge < -0.3 is 20.6 Å². The molecule has 0 spiro atoms. The molecule has 128 valence electrons. The molecule has 2 bridgehead atoms. The molecule has 6 nitrogen and oxygen atoms in total. The fraction of sp³-hybridized carbons (Fsp3) is 0.529. The third-order valence-electron chi connectivity index (χ3n) is 5.37. The maximum Gasteiger partial charge on any atom is 0.256 e. The topological polar surface area (TPSA) is 86.9 Å². The number of aliphatic hydroxyl groups is 1. The predicted octanol–water partition coefficient (Wildman–Crippen LogP) is 0.748. The van der Waals surface area contributed by atoms with Gasteiger partial charge in [0.25, 0.3) is 5.91 Å². The van der Waals surface area contributed by atoms with Gasteiger partial charge in [0.1, 0.15) is 5.82 Å². The summed E-state index contributed by atoms with van der Waals surface area (Å²) >= 11 is 0. The normalized spacial score (nSPS) is 26.8. The van der Waals surface area contributed by atoms with Crippen LogP contribution in [-0.2, 0) is 4.79 Å². The molecule has 2 heterocycles. The fourth-order valence-electron chi connectivity index (χ4n) is 3.81. The standard InChI is InChI=1S/C17H20FN3O3/c18-10-1-2-13(14(19)5-10)16(23)21-9-11-6-12(21)8-20(11)15(22)7-17(24)3-4-17/h1-2,5,11-12,24H,3-4,6-9,19H2/t11-,12-/m0/s1. The lowest BCUT2D eigenvalue weighted by molar-refractivity contribution is -0.135. The molecule has 0 radical (unpaired) electrons. The van der Waals surface area contributed by atoms with Crippen molar-refractivity contribution in [1.29, 1.82) is 0 Å². The van der Waals surface area contributed by atoms with Crippen molar-refractivity contribution < 1.29 is 19.1 Å². The molecule has 2 atom stereocenters. The van der Waals surface area contributed by atoms with E-state index in [-0.39, 0.29) is 36.0 Å². The van der Waals surface area contributed by atoms with E-state index in [9.17, 15) is 19.1 Å². The molecule has 1 aromatic rings. The molecule has 2 amide bonds. The van der Waals surface area contributed by atoms with Crippen molar-refractivity contribution in [1.82, 2.24) is 9.80 Å². The number of nitrogens with zero attached hydrogens (tertiary/aromatic N) is 2. The molecule has 3 fully saturated rings. The van der Waals surface area contributed by atoms with Crippen LogP contribution in [0.5, 0.6) is 0 Å². The van der Waals surface area contributed by atoms with Crippen molar-refractivity contribution >= 4 is 17.5 Å². The van der Waals surface area contributed by atoms with Gasteiger partial charge in [-0.25, -0.2) is 4.39 Å². The van der Waals surface area contributed by atoms with E-state index in [0.717, 1.165) is 12.5 Å². The summed E-state index contributed by atoms with van der Waals surface area (Å²) in [4.78, 5) is 28.5. The quantitative estimate of drug-likeness (QED) is 0.799. The average Bonchev–Trinajstić information content (AvgIpc) is 2.97. The lowest BCUT2D eigenvalue weighted by Gasteiger charge is -2.35. The Labute approximate surface area is 139 Å². The Morgan fingerprint density at radius 3 is 2.50 bits per heavy atom. The Morgan fingerprint density at radius 1 is 1.25 bits per heavy atom. The van der Waals surface area contributed by atoms with E-state index in [1.807, 2.05) is 0 Å². The van der Waals surface area contributed by atoms with Crippen molar-refractivity contribution in [2.45, 2.75) is 43.4 Å². The van der Waals surface area contributed by atoms with Gasteiger partial charge in [-0.1, -0.05) is 0 Å². The summed E-state index contributed by atoms with van der Waals surface area (Å²) in [6.07, 6.45) is 2.30. The van der Waals surface area contributed by atoms with Crippen molar-refractivity contribution in [2.75, 3.05) is 18.8 Å². The first-order valence-corrected chi connectivity index (χ1v) is 8.24. The number of carbonyl (C=O) groups is 2. The number of fused-ring (bicyclic) bond motifs is 2. The Balaban J connectivity index is 1.44. The SMILES string of the molecule is Nc1cc(F)ccc1C(=O)N1C[C@@H]2C[C@H]1CN2C(=O)CC1(O)CC1. The third kappa shape index (κ3) is 2.53. The van der Waals surface area contributed by atoms with Gasteiger partial charge in [0.05, 0.1) is 29.7 Å². The first-order chi connectivity index (χ1) is 11.4. The molecule has 2 saturated heterocycles. The molecule has 24 heavy (non-hydrogen) atoms. The number of hydrogen-bond donors (Lipinski definition) is 2. The minimum atomic E-state index is -0.795. The zero-order valence-electron chi connectivity index (χ0n) is 13.2. The second-order valence-corrected chi connectivity index (χ2v) is 7.18. The average molecular weight is 333 g/mol. The summed E-state index contributed by atoms with van der Waals surface area (Å²) < 4.78 is 13.1. The number of hydrogen-bond acceptors (Lipinski definition) is 4. The van der Waals surface area contributed by atoms with Crippen LogP contribution in [0.15, 0.2) is 18.2 Å². The van der Waals surface area contributed by atoms with E-state index >= 15 is 0 Å². The Kier molecular flexibility index (Phi) is 3.32. The molecule has 1 saturated carbocycles. The molecule has 4 rings (SSSR count). The molecule has 1 aliphatic carbocycles. The van der Waals surface area contributed by atoms with Crippen LogP contribution >= 0.6 is 0 Å². The van der Waals surface area contributed by atoms with Crippen LogP contribution in [0, 0.1) is 5.82 Å². The maximum atomic E-state index is 13.1. The van der Waals surface area contributed by atoms with Gasteiger partial charge >= 0.3 is 0 Å². The Hall–Kier alpha value is -2.15. The molecule has 3 aliphatic rings. The highest BCUT2D eigenvalue weighted by Gasteiger charge is 2.50. The summed E-state index contributed by atoms with van der Waals surface area (Å²) in [7, 11) is 0.